The largest absolute Gasteiger partial charge is 0.304 e. The van der Waals surface area contributed by atoms with Crippen molar-refractivity contribution in [3.8, 4) is 0 Å². The molecular weight excluding hydrogens is 164 g/mol. The molecular formula is C10H22N2O. The lowest BCUT2D eigenvalue weighted by Gasteiger charge is -2.31. The summed E-state index contributed by atoms with van der Waals surface area (Å²) in [4.78, 5) is 7.30. The van der Waals surface area contributed by atoms with Crippen molar-refractivity contribution in [1.29, 1.82) is 0 Å². The van der Waals surface area contributed by atoms with Gasteiger partial charge in [-0.05, 0) is 51.7 Å². The van der Waals surface area contributed by atoms with Gasteiger partial charge in [0.25, 0.3) is 0 Å². The number of hydrogen-bond acceptors (Lipinski definition) is 3. The molecule has 0 bridgehead atoms. The Morgan fingerprint density at radius 1 is 1.46 bits per heavy atom. The van der Waals surface area contributed by atoms with Crippen LogP contribution in [0.25, 0.3) is 0 Å². The molecule has 0 aromatic carbocycles. The second-order valence-electron chi connectivity index (χ2n) is 4.06. The summed E-state index contributed by atoms with van der Waals surface area (Å²) in [5, 5.41) is 0. The van der Waals surface area contributed by atoms with Crippen LogP contribution in [0, 0.1) is 5.92 Å². The van der Waals surface area contributed by atoms with E-state index in [0.29, 0.717) is 0 Å². The van der Waals surface area contributed by atoms with E-state index in [1.165, 1.54) is 32.5 Å². The van der Waals surface area contributed by atoms with Crippen LogP contribution >= 0.6 is 0 Å². The molecule has 1 aliphatic heterocycles. The van der Waals surface area contributed by atoms with Gasteiger partial charge >= 0.3 is 0 Å². The highest BCUT2D eigenvalue weighted by molar-refractivity contribution is 4.72. The molecule has 1 fully saturated rings. The molecule has 0 aromatic heterocycles. The van der Waals surface area contributed by atoms with Crippen molar-refractivity contribution in [1.82, 2.24) is 4.90 Å². The fraction of sp³-hybridized carbons (Fsp3) is 1.00. The molecule has 1 aliphatic rings. The average molecular weight is 186 g/mol. The van der Waals surface area contributed by atoms with E-state index in [1.54, 1.807) is 0 Å². The molecule has 78 valence electrons. The molecule has 2 N–H and O–H groups in total. The molecule has 0 radical (unpaired) electrons. The third kappa shape index (κ3) is 3.63. The Hall–Kier alpha value is -0.120. The van der Waals surface area contributed by atoms with Crippen LogP contribution in [0.2, 0.25) is 0 Å². The number of piperidine rings is 1. The summed E-state index contributed by atoms with van der Waals surface area (Å²) in [6.07, 6.45) is 3.95. The Labute approximate surface area is 81.2 Å². The van der Waals surface area contributed by atoms with Crippen molar-refractivity contribution in [2.75, 3.05) is 19.6 Å². The average Bonchev–Trinajstić information content (AvgIpc) is 2.19. The maximum Gasteiger partial charge on any atom is 0.0762 e. The van der Waals surface area contributed by atoms with Gasteiger partial charge in [-0.15, -0.1) is 0 Å². The second kappa shape index (κ2) is 5.58. The number of likely N-dealkylation sites (tertiary alicyclic amines) is 1. The molecule has 0 spiro atoms. The Morgan fingerprint density at radius 3 is 2.54 bits per heavy atom. The molecule has 1 rings (SSSR count). The zero-order valence-electron chi connectivity index (χ0n) is 8.83. The van der Waals surface area contributed by atoms with E-state index in [9.17, 15) is 0 Å². The third-order valence-corrected chi connectivity index (χ3v) is 3.05. The molecule has 13 heavy (non-hydrogen) atoms. The van der Waals surface area contributed by atoms with Gasteiger partial charge in [0.1, 0.15) is 0 Å². The first kappa shape index (κ1) is 11.0. The minimum atomic E-state index is 0.221. The van der Waals surface area contributed by atoms with Crippen LogP contribution in [0.1, 0.15) is 33.1 Å². The number of nitrogens with two attached hydrogens (primary N) is 1. The SMILES string of the molecule is CCN1CCC(CC(C)ON)CC1. The normalized spacial score (nSPS) is 23.3. The fourth-order valence-corrected chi connectivity index (χ4v) is 2.06. The standard InChI is InChI=1S/C10H22N2O/c1-3-12-6-4-10(5-7-12)8-9(2)13-11/h9-10H,3-8,11H2,1-2H3. The first-order valence-corrected chi connectivity index (χ1v) is 5.34. The zero-order valence-corrected chi connectivity index (χ0v) is 8.83. The van der Waals surface area contributed by atoms with Gasteiger partial charge < -0.3 is 9.74 Å². The quantitative estimate of drug-likeness (QED) is 0.674. The van der Waals surface area contributed by atoms with E-state index >= 15 is 0 Å². The topological polar surface area (TPSA) is 38.5 Å². The molecule has 3 heteroatoms. The molecule has 0 amide bonds. The van der Waals surface area contributed by atoms with Gasteiger partial charge in [0.15, 0.2) is 0 Å². The lowest BCUT2D eigenvalue weighted by molar-refractivity contribution is 0.0387. The summed E-state index contributed by atoms with van der Waals surface area (Å²) in [6.45, 7) is 7.96. The first-order chi connectivity index (χ1) is 6.26. The Bertz CT molecular complexity index is 133. The van der Waals surface area contributed by atoms with Crippen LogP contribution in [0.3, 0.4) is 0 Å². The Kier molecular flexibility index (Phi) is 4.70. The van der Waals surface area contributed by atoms with Crippen LogP contribution in [-0.4, -0.2) is 30.6 Å². The number of hydrogen-bond donors (Lipinski definition) is 1. The maximum atomic E-state index is 5.13. The first-order valence-electron chi connectivity index (χ1n) is 5.34. The van der Waals surface area contributed by atoms with Crippen LogP contribution in [0.4, 0.5) is 0 Å². The van der Waals surface area contributed by atoms with E-state index < -0.39 is 0 Å². The van der Waals surface area contributed by atoms with Gasteiger partial charge in [0.2, 0.25) is 0 Å². The van der Waals surface area contributed by atoms with Gasteiger partial charge in [0, 0.05) is 0 Å². The monoisotopic (exact) mass is 186 g/mol. The predicted molar refractivity (Wildman–Crippen MR) is 54.2 cm³/mol. The van der Waals surface area contributed by atoms with Crippen LogP contribution in [0.15, 0.2) is 0 Å². The van der Waals surface area contributed by atoms with Crippen molar-refractivity contribution in [2.24, 2.45) is 11.8 Å². The van der Waals surface area contributed by atoms with Gasteiger partial charge in [-0.2, -0.15) is 0 Å². The van der Waals surface area contributed by atoms with Gasteiger partial charge in [-0.1, -0.05) is 6.92 Å². The highest BCUT2D eigenvalue weighted by Crippen LogP contribution is 2.22. The zero-order chi connectivity index (χ0) is 9.68. The number of nitrogens with zero attached hydrogens (tertiary/aromatic N) is 1. The molecule has 0 aliphatic carbocycles. The molecule has 3 nitrogen and oxygen atoms in total. The van der Waals surface area contributed by atoms with Gasteiger partial charge in [-0.25, -0.2) is 5.90 Å². The van der Waals surface area contributed by atoms with E-state index in [1.807, 2.05) is 6.92 Å². The highest BCUT2D eigenvalue weighted by Gasteiger charge is 2.19. The lowest BCUT2D eigenvalue weighted by atomic mass is 9.91. The van der Waals surface area contributed by atoms with Crippen molar-refractivity contribution >= 4 is 0 Å². The van der Waals surface area contributed by atoms with Crippen molar-refractivity contribution < 1.29 is 4.84 Å². The maximum absolute atomic E-state index is 5.13. The number of rotatable bonds is 4. The van der Waals surface area contributed by atoms with Crippen molar-refractivity contribution in [3.05, 3.63) is 0 Å². The summed E-state index contributed by atoms with van der Waals surface area (Å²) < 4.78 is 0. The summed E-state index contributed by atoms with van der Waals surface area (Å²) in [5.74, 6) is 5.95. The van der Waals surface area contributed by atoms with E-state index in [4.69, 9.17) is 10.7 Å². The summed E-state index contributed by atoms with van der Waals surface area (Å²) in [6, 6.07) is 0. The molecule has 0 saturated carbocycles. The van der Waals surface area contributed by atoms with E-state index in [0.717, 1.165) is 12.3 Å². The molecule has 1 unspecified atom stereocenters. The lowest BCUT2D eigenvalue weighted by Crippen LogP contribution is -2.34. The molecule has 1 atom stereocenters. The molecule has 0 aromatic rings. The van der Waals surface area contributed by atoms with Crippen molar-refractivity contribution in [2.45, 2.75) is 39.2 Å². The van der Waals surface area contributed by atoms with Gasteiger partial charge in [0.05, 0.1) is 6.10 Å². The summed E-state index contributed by atoms with van der Waals surface area (Å²) in [5.41, 5.74) is 0. The van der Waals surface area contributed by atoms with Gasteiger partial charge in [-0.3, -0.25) is 0 Å². The molecule has 1 saturated heterocycles. The van der Waals surface area contributed by atoms with E-state index in [-0.39, 0.29) is 6.10 Å². The minimum absolute atomic E-state index is 0.221. The Morgan fingerprint density at radius 2 is 2.08 bits per heavy atom. The molecule has 1 heterocycles. The second-order valence-corrected chi connectivity index (χ2v) is 4.06. The van der Waals surface area contributed by atoms with Crippen LogP contribution < -0.4 is 5.90 Å². The summed E-state index contributed by atoms with van der Waals surface area (Å²) in [7, 11) is 0. The van der Waals surface area contributed by atoms with E-state index in [2.05, 4.69) is 11.8 Å². The van der Waals surface area contributed by atoms with Crippen LogP contribution in [0.5, 0.6) is 0 Å². The smallest absolute Gasteiger partial charge is 0.0762 e. The minimum Gasteiger partial charge on any atom is -0.304 e. The highest BCUT2D eigenvalue weighted by atomic mass is 16.6. The summed E-state index contributed by atoms with van der Waals surface area (Å²) >= 11 is 0. The predicted octanol–water partition coefficient (Wildman–Crippen LogP) is 1.39. The fourth-order valence-electron chi connectivity index (χ4n) is 2.06. The Balaban J connectivity index is 2.17. The third-order valence-electron chi connectivity index (χ3n) is 3.05. The van der Waals surface area contributed by atoms with Crippen molar-refractivity contribution in [3.63, 3.8) is 0 Å². The van der Waals surface area contributed by atoms with Crippen LogP contribution in [-0.2, 0) is 4.84 Å².